The van der Waals surface area contributed by atoms with E-state index < -0.39 is 0 Å². The summed E-state index contributed by atoms with van der Waals surface area (Å²) in [5.74, 6) is 3.54. The molecule has 0 aliphatic carbocycles. The average molecular weight is 509 g/mol. The number of hydrogen-bond acceptors (Lipinski definition) is 4. The highest BCUT2D eigenvalue weighted by Crippen LogP contribution is 2.46. The molecule has 172 valence electrons. The molecular weight excluding hydrogens is 480 g/mol. The molecule has 33 heavy (non-hydrogen) atoms. The van der Waals surface area contributed by atoms with Gasteiger partial charge in [0.25, 0.3) is 0 Å². The van der Waals surface area contributed by atoms with Crippen LogP contribution >= 0.6 is 15.9 Å². The number of benzene rings is 3. The van der Waals surface area contributed by atoms with Gasteiger partial charge in [-0.05, 0) is 46.5 Å². The number of para-hydroxylation sites is 1. The minimum atomic E-state index is 0.473. The molecule has 0 radical (unpaired) electrons. The van der Waals surface area contributed by atoms with Crippen LogP contribution in [0.15, 0.2) is 59.1 Å². The Bertz CT molecular complexity index is 1250. The topological polar surface area (TPSA) is 45.5 Å². The van der Waals surface area contributed by atoms with Crippen molar-refractivity contribution in [2.45, 2.75) is 33.2 Å². The summed E-state index contributed by atoms with van der Waals surface area (Å²) in [4.78, 5) is 5.06. The van der Waals surface area contributed by atoms with Gasteiger partial charge in [-0.1, -0.05) is 56.3 Å². The van der Waals surface area contributed by atoms with Crippen LogP contribution in [-0.2, 0) is 11.3 Å². The highest BCUT2D eigenvalue weighted by Gasteiger charge is 2.25. The molecule has 0 aliphatic rings. The number of halogens is 1. The van der Waals surface area contributed by atoms with Gasteiger partial charge in [-0.3, -0.25) is 0 Å². The van der Waals surface area contributed by atoms with Crippen molar-refractivity contribution in [1.29, 1.82) is 0 Å². The molecule has 0 N–H and O–H groups in total. The maximum absolute atomic E-state index is 6.27. The third kappa shape index (κ3) is 4.50. The van der Waals surface area contributed by atoms with E-state index in [-0.39, 0.29) is 0 Å². The summed E-state index contributed by atoms with van der Waals surface area (Å²) < 4.78 is 20.6. The first kappa shape index (κ1) is 23.3. The standard InChI is InChI=1S/C27H29BrN2O3/c1-17(2)19-11-13-20(14-12-19)27-29-23-22(28)25(33-21-9-7-6-8-10-21)18(3)26(32-5)24(23)30(27)15-16-31-4/h6-14,17H,15-16H2,1-5H3. The Balaban J connectivity index is 1.94. The van der Waals surface area contributed by atoms with Gasteiger partial charge >= 0.3 is 0 Å². The molecule has 3 aromatic carbocycles. The van der Waals surface area contributed by atoms with E-state index in [1.54, 1.807) is 14.2 Å². The normalized spacial score (nSPS) is 11.4. The fourth-order valence-electron chi connectivity index (χ4n) is 4.00. The lowest BCUT2D eigenvalue weighted by molar-refractivity contribution is 0.188. The summed E-state index contributed by atoms with van der Waals surface area (Å²) in [6.07, 6.45) is 0. The predicted molar refractivity (Wildman–Crippen MR) is 137 cm³/mol. The molecule has 0 saturated heterocycles. The zero-order valence-corrected chi connectivity index (χ0v) is 21.3. The van der Waals surface area contributed by atoms with Gasteiger partial charge in [0.15, 0.2) is 11.5 Å². The Morgan fingerprint density at radius 2 is 1.67 bits per heavy atom. The summed E-state index contributed by atoms with van der Waals surface area (Å²) in [6, 6.07) is 18.3. The smallest absolute Gasteiger partial charge is 0.151 e. The van der Waals surface area contributed by atoms with Gasteiger partial charge in [0, 0.05) is 24.8 Å². The van der Waals surface area contributed by atoms with Gasteiger partial charge in [-0.25, -0.2) is 4.98 Å². The lowest BCUT2D eigenvalue weighted by Crippen LogP contribution is -2.07. The molecule has 1 aromatic heterocycles. The summed E-state index contributed by atoms with van der Waals surface area (Å²) in [5.41, 5.74) is 4.96. The van der Waals surface area contributed by atoms with Crippen LogP contribution in [0.25, 0.3) is 22.4 Å². The number of nitrogens with zero attached hydrogens (tertiary/aromatic N) is 2. The maximum Gasteiger partial charge on any atom is 0.151 e. The molecule has 0 fully saturated rings. The largest absolute Gasteiger partial charge is 0.494 e. The number of imidazole rings is 1. The molecule has 5 nitrogen and oxygen atoms in total. The lowest BCUT2D eigenvalue weighted by Gasteiger charge is -2.17. The quantitative estimate of drug-likeness (QED) is 0.249. The van der Waals surface area contributed by atoms with E-state index in [0.29, 0.717) is 24.8 Å². The second-order valence-electron chi connectivity index (χ2n) is 8.27. The van der Waals surface area contributed by atoms with Crippen LogP contribution in [0.3, 0.4) is 0 Å². The minimum Gasteiger partial charge on any atom is -0.494 e. The number of fused-ring (bicyclic) bond motifs is 1. The van der Waals surface area contributed by atoms with Crippen LogP contribution in [0.2, 0.25) is 0 Å². The van der Waals surface area contributed by atoms with Gasteiger partial charge in [-0.15, -0.1) is 0 Å². The summed E-state index contributed by atoms with van der Waals surface area (Å²) in [7, 11) is 3.40. The second-order valence-corrected chi connectivity index (χ2v) is 9.06. The van der Waals surface area contributed by atoms with E-state index in [2.05, 4.69) is 58.6 Å². The third-order valence-corrected chi connectivity index (χ3v) is 6.53. The molecule has 0 saturated carbocycles. The van der Waals surface area contributed by atoms with Gasteiger partial charge in [-0.2, -0.15) is 0 Å². The van der Waals surface area contributed by atoms with Crippen molar-refractivity contribution in [3.05, 3.63) is 70.2 Å². The van der Waals surface area contributed by atoms with E-state index in [1.807, 2.05) is 37.3 Å². The summed E-state index contributed by atoms with van der Waals surface area (Å²) in [5, 5.41) is 0. The Labute approximate surface area is 203 Å². The van der Waals surface area contributed by atoms with Crippen LogP contribution in [0.1, 0.15) is 30.9 Å². The Morgan fingerprint density at radius 1 is 0.970 bits per heavy atom. The van der Waals surface area contributed by atoms with Crippen LogP contribution < -0.4 is 9.47 Å². The Kier molecular flexibility index (Phi) is 7.05. The first-order valence-corrected chi connectivity index (χ1v) is 11.8. The minimum absolute atomic E-state index is 0.473. The average Bonchev–Trinajstić information content (AvgIpc) is 3.21. The van der Waals surface area contributed by atoms with Crippen molar-refractivity contribution in [2.24, 2.45) is 0 Å². The van der Waals surface area contributed by atoms with Gasteiger partial charge in [0.2, 0.25) is 0 Å². The molecule has 0 spiro atoms. The van der Waals surface area contributed by atoms with Crippen molar-refractivity contribution in [1.82, 2.24) is 9.55 Å². The highest BCUT2D eigenvalue weighted by molar-refractivity contribution is 9.10. The monoisotopic (exact) mass is 508 g/mol. The van der Waals surface area contributed by atoms with Crippen molar-refractivity contribution < 1.29 is 14.2 Å². The van der Waals surface area contributed by atoms with Gasteiger partial charge in [0.05, 0.1) is 18.2 Å². The van der Waals surface area contributed by atoms with Crippen molar-refractivity contribution in [2.75, 3.05) is 20.8 Å². The molecular formula is C27H29BrN2O3. The first-order valence-electron chi connectivity index (χ1n) is 11.0. The number of hydrogen-bond donors (Lipinski definition) is 0. The molecule has 4 aromatic rings. The first-order chi connectivity index (χ1) is 16.0. The zero-order valence-electron chi connectivity index (χ0n) is 19.7. The third-order valence-electron chi connectivity index (χ3n) is 5.79. The van der Waals surface area contributed by atoms with Gasteiger partial charge < -0.3 is 18.8 Å². The highest BCUT2D eigenvalue weighted by atomic mass is 79.9. The van der Waals surface area contributed by atoms with E-state index in [4.69, 9.17) is 19.2 Å². The summed E-state index contributed by atoms with van der Waals surface area (Å²) >= 11 is 3.78. The molecule has 0 atom stereocenters. The molecule has 6 heteroatoms. The van der Waals surface area contributed by atoms with Crippen LogP contribution in [0, 0.1) is 6.92 Å². The van der Waals surface area contributed by atoms with E-state index in [9.17, 15) is 0 Å². The van der Waals surface area contributed by atoms with Crippen LogP contribution in [-0.4, -0.2) is 30.4 Å². The molecule has 0 aliphatic heterocycles. The second kappa shape index (κ2) is 9.98. The van der Waals surface area contributed by atoms with Crippen LogP contribution in [0.5, 0.6) is 17.2 Å². The number of ether oxygens (including phenoxy) is 3. The molecule has 0 bridgehead atoms. The molecule has 1 heterocycles. The predicted octanol–water partition coefficient (Wildman–Crippen LogP) is 7.34. The van der Waals surface area contributed by atoms with Crippen molar-refractivity contribution >= 4 is 27.0 Å². The molecule has 0 unspecified atom stereocenters. The number of aromatic nitrogens is 2. The van der Waals surface area contributed by atoms with E-state index in [0.717, 1.165) is 44.0 Å². The van der Waals surface area contributed by atoms with E-state index in [1.165, 1.54) is 5.56 Å². The Hall–Kier alpha value is -2.83. The summed E-state index contributed by atoms with van der Waals surface area (Å²) in [6.45, 7) is 7.61. The SMILES string of the molecule is COCCn1c(-c2ccc(C(C)C)cc2)nc2c(Br)c(Oc3ccccc3)c(C)c(OC)c21. The number of methoxy groups -OCH3 is 2. The van der Waals surface area contributed by atoms with Gasteiger partial charge in [0.1, 0.15) is 22.6 Å². The fourth-order valence-corrected chi connectivity index (χ4v) is 4.66. The Morgan fingerprint density at radius 3 is 2.27 bits per heavy atom. The lowest BCUT2D eigenvalue weighted by atomic mass is 10.0. The van der Waals surface area contributed by atoms with Crippen LogP contribution in [0.4, 0.5) is 0 Å². The van der Waals surface area contributed by atoms with E-state index >= 15 is 0 Å². The molecule has 0 amide bonds. The van der Waals surface area contributed by atoms with Crippen molar-refractivity contribution in [3.63, 3.8) is 0 Å². The molecule has 4 rings (SSSR count). The van der Waals surface area contributed by atoms with Crippen molar-refractivity contribution in [3.8, 4) is 28.6 Å². The maximum atomic E-state index is 6.27. The fraction of sp³-hybridized carbons (Fsp3) is 0.296. The number of rotatable bonds is 8. The zero-order chi connectivity index (χ0) is 23.5.